The van der Waals surface area contributed by atoms with Gasteiger partial charge in [0.2, 0.25) is 0 Å². The van der Waals surface area contributed by atoms with Gasteiger partial charge in [-0.15, -0.1) is 0 Å². The number of hydrogen-bond donors (Lipinski definition) is 2. The van der Waals surface area contributed by atoms with Gasteiger partial charge in [-0.25, -0.2) is 4.99 Å². The molecule has 1 heterocycles. The van der Waals surface area contributed by atoms with Crippen LogP contribution in [0.4, 0.5) is 0 Å². The van der Waals surface area contributed by atoms with Gasteiger partial charge in [-0.2, -0.15) is 0 Å². The highest BCUT2D eigenvalue weighted by Gasteiger charge is 2.37. The second-order valence-electron chi connectivity index (χ2n) is 13.7. The number of aliphatic imine (C=N–C) groups is 1. The van der Waals surface area contributed by atoms with Crippen molar-refractivity contribution in [1.82, 2.24) is 10.6 Å². The normalized spacial score (nSPS) is 17.6. The lowest BCUT2D eigenvalue weighted by Crippen LogP contribution is -2.44. The molecule has 236 valence electrons. The third-order valence-electron chi connectivity index (χ3n) is 10.3. The van der Waals surface area contributed by atoms with E-state index in [1.165, 1.54) is 55.3 Å². The van der Waals surface area contributed by atoms with Gasteiger partial charge in [0.15, 0.2) is 0 Å². The molecular formula is C46H37N3. The van der Waals surface area contributed by atoms with Gasteiger partial charge in [0.1, 0.15) is 18.2 Å². The van der Waals surface area contributed by atoms with Crippen molar-refractivity contribution in [1.29, 1.82) is 0 Å². The van der Waals surface area contributed by atoms with Gasteiger partial charge in [-0.3, -0.25) is 5.32 Å². The van der Waals surface area contributed by atoms with Crippen LogP contribution in [-0.4, -0.2) is 5.84 Å². The zero-order valence-electron chi connectivity index (χ0n) is 27.7. The Morgan fingerprint density at radius 1 is 0.490 bits per heavy atom. The predicted octanol–water partition coefficient (Wildman–Crippen LogP) is 10.8. The van der Waals surface area contributed by atoms with Gasteiger partial charge in [-0.1, -0.05) is 153 Å². The largest absolute Gasteiger partial charge is 0.350 e. The molecule has 1 aliphatic heterocycles. The van der Waals surface area contributed by atoms with Gasteiger partial charge < -0.3 is 5.32 Å². The standard InChI is InChI=1S/C46H37N3/c1-46(2)40-25-15-14-24-38(40)42-37-23-13-12-22-36(37)39(29-41(42)46)34-26-33(30-16-6-3-7-17-30)27-35(28-34)45-48-43(31-18-8-4-9-19-31)47-44(49-45)32-20-10-5-11-21-32/h3-29,43-44,47H,1-2H3,(H,48,49). The summed E-state index contributed by atoms with van der Waals surface area (Å²) in [6.07, 6.45) is -0.311. The van der Waals surface area contributed by atoms with Crippen LogP contribution >= 0.6 is 0 Å². The van der Waals surface area contributed by atoms with Gasteiger partial charge in [-0.05, 0) is 90.7 Å². The fraction of sp³-hybridized carbons (Fsp3) is 0.109. The molecule has 2 atom stereocenters. The summed E-state index contributed by atoms with van der Waals surface area (Å²) >= 11 is 0. The molecule has 1 aliphatic carbocycles. The fourth-order valence-electron chi connectivity index (χ4n) is 7.83. The molecule has 0 aromatic heterocycles. The van der Waals surface area contributed by atoms with Crippen LogP contribution in [0.5, 0.6) is 0 Å². The molecule has 2 aliphatic rings. The number of benzene rings is 7. The smallest absolute Gasteiger partial charge is 0.131 e. The van der Waals surface area contributed by atoms with E-state index in [0.717, 1.165) is 22.5 Å². The van der Waals surface area contributed by atoms with Crippen molar-refractivity contribution in [2.75, 3.05) is 0 Å². The van der Waals surface area contributed by atoms with Crippen molar-refractivity contribution in [2.45, 2.75) is 31.6 Å². The minimum absolute atomic E-state index is 0.108. The molecule has 2 unspecified atom stereocenters. The lowest BCUT2D eigenvalue weighted by Gasteiger charge is -2.32. The quantitative estimate of drug-likeness (QED) is 0.198. The van der Waals surface area contributed by atoms with Crippen molar-refractivity contribution in [3.8, 4) is 33.4 Å². The highest BCUT2D eigenvalue weighted by Crippen LogP contribution is 2.53. The summed E-state index contributed by atoms with van der Waals surface area (Å²) in [5.41, 5.74) is 13.5. The number of nitrogens with zero attached hydrogens (tertiary/aromatic N) is 1. The molecule has 2 N–H and O–H groups in total. The highest BCUT2D eigenvalue weighted by molar-refractivity contribution is 6.10. The summed E-state index contributed by atoms with van der Waals surface area (Å²) in [5, 5.41) is 10.1. The first kappa shape index (κ1) is 29.4. The maximum Gasteiger partial charge on any atom is 0.131 e. The molecule has 0 saturated carbocycles. The van der Waals surface area contributed by atoms with Crippen LogP contribution in [-0.2, 0) is 5.41 Å². The van der Waals surface area contributed by atoms with Crippen molar-refractivity contribution in [3.63, 3.8) is 0 Å². The van der Waals surface area contributed by atoms with Crippen molar-refractivity contribution >= 4 is 16.6 Å². The minimum atomic E-state index is -0.202. The van der Waals surface area contributed by atoms with E-state index in [2.05, 4.69) is 188 Å². The molecule has 9 rings (SSSR count). The predicted molar refractivity (Wildman–Crippen MR) is 204 cm³/mol. The second-order valence-corrected chi connectivity index (χ2v) is 13.7. The van der Waals surface area contributed by atoms with E-state index in [9.17, 15) is 0 Å². The molecule has 49 heavy (non-hydrogen) atoms. The van der Waals surface area contributed by atoms with Crippen LogP contribution in [0.3, 0.4) is 0 Å². The van der Waals surface area contributed by atoms with Crippen LogP contribution in [0.25, 0.3) is 44.2 Å². The summed E-state index contributed by atoms with van der Waals surface area (Å²) < 4.78 is 0. The van der Waals surface area contributed by atoms with E-state index in [0.29, 0.717) is 0 Å². The van der Waals surface area contributed by atoms with E-state index in [-0.39, 0.29) is 17.7 Å². The zero-order chi connectivity index (χ0) is 33.0. The first-order valence-electron chi connectivity index (χ1n) is 17.1. The zero-order valence-corrected chi connectivity index (χ0v) is 27.7. The maximum absolute atomic E-state index is 5.33. The highest BCUT2D eigenvalue weighted by atomic mass is 15.3. The molecule has 3 heteroatoms. The maximum atomic E-state index is 5.33. The first-order valence-corrected chi connectivity index (χ1v) is 17.1. The fourth-order valence-corrected chi connectivity index (χ4v) is 7.83. The lowest BCUT2D eigenvalue weighted by molar-refractivity contribution is 0.409. The summed E-state index contributed by atoms with van der Waals surface area (Å²) in [4.78, 5) is 5.33. The summed E-state index contributed by atoms with van der Waals surface area (Å²) in [6.45, 7) is 4.73. The molecule has 0 radical (unpaired) electrons. The summed E-state index contributed by atoms with van der Waals surface area (Å²) in [7, 11) is 0. The van der Waals surface area contributed by atoms with Crippen LogP contribution in [0.1, 0.15) is 54.0 Å². The van der Waals surface area contributed by atoms with Crippen molar-refractivity contribution in [2.24, 2.45) is 4.99 Å². The Kier molecular flexibility index (Phi) is 7.03. The number of nitrogens with one attached hydrogen (secondary N) is 2. The number of amidine groups is 1. The van der Waals surface area contributed by atoms with Crippen molar-refractivity contribution in [3.05, 3.63) is 192 Å². The van der Waals surface area contributed by atoms with E-state index in [4.69, 9.17) is 4.99 Å². The average Bonchev–Trinajstić information content (AvgIpc) is 3.41. The molecule has 0 spiro atoms. The van der Waals surface area contributed by atoms with Gasteiger partial charge >= 0.3 is 0 Å². The van der Waals surface area contributed by atoms with E-state index < -0.39 is 0 Å². The molecule has 0 saturated heterocycles. The van der Waals surface area contributed by atoms with E-state index in [1.807, 2.05) is 0 Å². The van der Waals surface area contributed by atoms with Gasteiger partial charge in [0.25, 0.3) is 0 Å². The minimum Gasteiger partial charge on any atom is -0.350 e. The molecule has 0 fully saturated rings. The third kappa shape index (κ3) is 5.06. The van der Waals surface area contributed by atoms with Crippen LogP contribution < -0.4 is 10.6 Å². The van der Waals surface area contributed by atoms with E-state index in [1.54, 1.807) is 0 Å². The van der Waals surface area contributed by atoms with Crippen LogP contribution in [0, 0.1) is 0 Å². The van der Waals surface area contributed by atoms with Crippen molar-refractivity contribution < 1.29 is 0 Å². The Bertz CT molecular complexity index is 2360. The monoisotopic (exact) mass is 631 g/mol. The molecular weight excluding hydrogens is 595 g/mol. The summed E-state index contributed by atoms with van der Waals surface area (Å²) in [5.74, 6) is 0.874. The lowest BCUT2D eigenvalue weighted by atomic mass is 9.80. The Hall–Kier alpha value is -5.77. The Balaban J connectivity index is 1.27. The molecule has 3 nitrogen and oxygen atoms in total. The third-order valence-corrected chi connectivity index (χ3v) is 10.3. The Morgan fingerprint density at radius 3 is 1.84 bits per heavy atom. The molecule has 0 amide bonds. The number of fused-ring (bicyclic) bond motifs is 5. The average molecular weight is 632 g/mol. The Morgan fingerprint density at radius 2 is 1.08 bits per heavy atom. The topological polar surface area (TPSA) is 36.4 Å². The number of rotatable bonds is 5. The number of hydrogen-bond acceptors (Lipinski definition) is 3. The first-order chi connectivity index (χ1) is 24.0. The van der Waals surface area contributed by atoms with Crippen LogP contribution in [0.2, 0.25) is 0 Å². The molecule has 7 aromatic carbocycles. The molecule has 7 aromatic rings. The molecule has 0 bridgehead atoms. The second kappa shape index (κ2) is 11.7. The van der Waals surface area contributed by atoms with E-state index >= 15 is 0 Å². The SMILES string of the molecule is CC1(C)c2ccccc2-c2c1cc(-c1cc(C3=NC(c4ccccc4)NC(c4ccccc4)N3)cc(-c3ccccc3)c1)c1ccccc21. The summed E-state index contributed by atoms with van der Waals surface area (Å²) in [6, 6.07) is 59.1. The Labute approximate surface area is 288 Å². The van der Waals surface area contributed by atoms with Gasteiger partial charge in [0.05, 0.1) is 0 Å². The van der Waals surface area contributed by atoms with Gasteiger partial charge in [0, 0.05) is 11.0 Å². The van der Waals surface area contributed by atoms with Crippen LogP contribution in [0.15, 0.2) is 169 Å².